The minimum atomic E-state index is -3.13. The number of alkyl halides is 2. The lowest BCUT2D eigenvalue weighted by Gasteiger charge is -2.31. The number of carboxylic acids is 2. The average Bonchev–Trinajstić information content (AvgIpc) is 3.09. The molecule has 3 rings (SSSR count). The fourth-order valence-corrected chi connectivity index (χ4v) is 6.31. The summed E-state index contributed by atoms with van der Waals surface area (Å²) in [7, 11) is 0. The summed E-state index contributed by atoms with van der Waals surface area (Å²) in [5.41, 5.74) is 1.31. The zero-order chi connectivity index (χ0) is 37.5. The minimum absolute atomic E-state index is 0.0123. The Hall–Kier alpha value is -5.21. The maximum atomic E-state index is 14.1. The standard InChI is InChI=1S/C36H44F2N4O9/c1-21(43)39-31(30(23-13-7-3-8-14-23)24-15-9-4-10-16-24)35(49)40-25(17-18-29(44)45)33(47)42-27(19-22-11-5-2-6-12-22)34(48)41-26(20-28(37)38)32(46)36(50)51/h3-4,7-10,13-16,22,25-28,30-31H,2,5-6,11-12,17-20H2,1H3,(H,39,43)(H,40,49)(H,41,48)(H,42,47)(H,44,45)(H,50,51)/t25-,26-,27-,31-/m0/s1. The van der Waals surface area contributed by atoms with Crippen LogP contribution in [-0.2, 0) is 33.6 Å². The normalized spacial score (nSPS) is 15.5. The Bertz CT molecular complexity index is 1480. The zero-order valence-electron chi connectivity index (χ0n) is 28.2. The predicted molar refractivity (Wildman–Crippen MR) is 179 cm³/mol. The van der Waals surface area contributed by atoms with Crippen molar-refractivity contribution in [3.8, 4) is 0 Å². The largest absolute Gasteiger partial charge is 0.481 e. The molecule has 2 aromatic carbocycles. The molecule has 1 aliphatic rings. The van der Waals surface area contributed by atoms with Crippen molar-refractivity contribution in [2.75, 3.05) is 0 Å². The van der Waals surface area contributed by atoms with Crippen molar-refractivity contribution in [1.82, 2.24) is 21.3 Å². The molecule has 6 N–H and O–H groups in total. The monoisotopic (exact) mass is 714 g/mol. The number of Topliss-reactive ketones (excluding diaryl/α,β-unsaturated/α-hetero) is 1. The zero-order valence-corrected chi connectivity index (χ0v) is 28.2. The van der Waals surface area contributed by atoms with Crippen LogP contribution in [0.2, 0.25) is 0 Å². The second-order valence-corrected chi connectivity index (χ2v) is 12.6. The van der Waals surface area contributed by atoms with E-state index < -0.39 is 97.1 Å². The molecule has 0 unspecified atom stereocenters. The quantitative estimate of drug-likeness (QED) is 0.118. The molecule has 13 nitrogen and oxygen atoms in total. The van der Waals surface area contributed by atoms with E-state index in [1.54, 1.807) is 60.7 Å². The molecular weight excluding hydrogens is 670 g/mol. The Balaban J connectivity index is 1.95. The van der Waals surface area contributed by atoms with E-state index in [0.717, 1.165) is 19.3 Å². The molecule has 0 aromatic heterocycles. The number of hydrogen-bond acceptors (Lipinski definition) is 7. The van der Waals surface area contributed by atoms with Crippen LogP contribution in [0.5, 0.6) is 0 Å². The van der Waals surface area contributed by atoms with Crippen molar-refractivity contribution in [2.45, 2.75) is 101 Å². The highest BCUT2D eigenvalue weighted by Gasteiger charge is 2.37. The van der Waals surface area contributed by atoms with Crippen molar-refractivity contribution < 1.29 is 52.6 Å². The molecular formula is C36H44F2N4O9. The van der Waals surface area contributed by atoms with Gasteiger partial charge in [0.2, 0.25) is 30.1 Å². The number of hydrogen-bond donors (Lipinski definition) is 6. The van der Waals surface area contributed by atoms with Crippen LogP contribution in [0.25, 0.3) is 0 Å². The topological polar surface area (TPSA) is 208 Å². The van der Waals surface area contributed by atoms with Crippen LogP contribution in [0.1, 0.15) is 81.8 Å². The van der Waals surface area contributed by atoms with Gasteiger partial charge in [0.15, 0.2) is 0 Å². The van der Waals surface area contributed by atoms with Gasteiger partial charge in [0.1, 0.15) is 24.2 Å². The first-order chi connectivity index (χ1) is 24.3. The Kier molecular flexibility index (Phi) is 15.6. The fourth-order valence-electron chi connectivity index (χ4n) is 6.31. The number of ketones is 1. The number of benzene rings is 2. The SMILES string of the molecule is CC(=O)N[C@H](C(=O)N[C@@H](CCC(=O)O)C(=O)N[C@@H](CC1CCCCC1)C(=O)N[C@@H](CC(F)F)C(=O)C(=O)O)C(c1ccccc1)c1ccccc1. The lowest BCUT2D eigenvalue weighted by molar-refractivity contribution is -0.151. The molecule has 1 aliphatic carbocycles. The van der Waals surface area contributed by atoms with E-state index in [9.17, 15) is 47.4 Å². The van der Waals surface area contributed by atoms with Gasteiger partial charge in [-0.15, -0.1) is 0 Å². The van der Waals surface area contributed by atoms with Gasteiger partial charge in [-0.25, -0.2) is 13.6 Å². The third kappa shape index (κ3) is 12.9. The van der Waals surface area contributed by atoms with E-state index in [-0.39, 0.29) is 12.3 Å². The maximum Gasteiger partial charge on any atom is 0.374 e. The number of nitrogens with one attached hydrogen (secondary N) is 4. The molecule has 1 fully saturated rings. The van der Waals surface area contributed by atoms with Gasteiger partial charge in [-0.05, 0) is 29.9 Å². The van der Waals surface area contributed by atoms with E-state index in [1.807, 2.05) is 0 Å². The Morgan fingerprint density at radius 3 is 1.71 bits per heavy atom. The van der Waals surface area contributed by atoms with Crippen LogP contribution in [-0.4, -0.2) is 82.2 Å². The van der Waals surface area contributed by atoms with Crippen molar-refractivity contribution in [3.63, 3.8) is 0 Å². The summed E-state index contributed by atoms with van der Waals surface area (Å²) in [5, 5.41) is 28.3. The summed E-state index contributed by atoms with van der Waals surface area (Å²) in [5.74, 6) is -9.25. The number of carbonyl (C=O) groups excluding carboxylic acids is 5. The number of carboxylic acid groups (broad SMARTS) is 2. The highest BCUT2D eigenvalue weighted by molar-refractivity contribution is 6.35. The number of amides is 4. The molecule has 0 aliphatic heterocycles. The molecule has 4 amide bonds. The van der Waals surface area contributed by atoms with Crippen LogP contribution in [0.15, 0.2) is 60.7 Å². The molecule has 0 spiro atoms. The Morgan fingerprint density at radius 2 is 1.22 bits per heavy atom. The van der Waals surface area contributed by atoms with Gasteiger partial charge in [0.25, 0.3) is 5.78 Å². The smallest absolute Gasteiger partial charge is 0.374 e. The van der Waals surface area contributed by atoms with E-state index in [1.165, 1.54) is 6.92 Å². The van der Waals surface area contributed by atoms with E-state index >= 15 is 0 Å². The van der Waals surface area contributed by atoms with Gasteiger partial charge < -0.3 is 31.5 Å². The highest BCUT2D eigenvalue weighted by atomic mass is 19.3. The Labute approximate surface area is 293 Å². The number of halogens is 2. The predicted octanol–water partition coefficient (Wildman–Crippen LogP) is 2.92. The fraction of sp³-hybridized carbons (Fsp3) is 0.472. The lowest BCUT2D eigenvalue weighted by atomic mass is 9.84. The molecule has 15 heteroatoms. The van der Waals surface area contributed by atoms with E-state index in [0.29, 0.717) is 24.0 Å². The summed E-state index contributed by atoms with van der Waals surface area (Å²) < 4.78 is 26.5. The first kappa shape index (κ1) is 40.2. The summed E-state index contributed by atoms with van der Waals surface area (Å²) in [4.78, 5) is 88.8. The van der Waals surface area contributed by atoms with Crippen molar-refractivity contribution in [1.29, 1.82) is 0 Å². The molecule has 51 heavy (non-hydrogen) atoms. The molecule has 0 radical (unpaired) electrons. The van der Waals surface area contributed by atoms with E-state index in [4.69, 9.17) is 5.11 Å². The third-order valence-corrected chi connectivity index (χ3v) is 8.76. The second-order valence-electron chi connectivity index (χ2n) is 12.6. The number of rotatable bonds is 19. The van der Waals surface area contributed by atoms with Crippen molar-refractivity contribution in [2.24, 2.45) is 5.92 Å². The van der Waals surface area contributed by atoms with Crippen LogP contribution < -0.4 is 21.3 Å². The molecule has 2 aromatic rings. The van der Waals surface area contributed by atoms with Gasteiger partial charge in [-0.1, -0.05) is 92.8 Å². The van der Waals surface area contributed by atoms with Gasteiger partial charge in [-0.3, -0.25) is 28.8 Å². The van der Waals surface area contributed by atoms with Crippen molar-refractivity contribution in [3.05, 3.63) is 71.8 Å². The Morgan fingerprint density at radius 1 is 0.706 bits per heavy atom. The molecule has 0 bridgehead atoms. The second kappa shape index (κ2) is 19.8. The first-order valence-electron chi connectivity index (χ1n) is 16.8. The van der Waals surface area contributed by atoms with Crippen molar-refractivity contribution >= 4 is 41.4 Å². The lowest BCUT2D eigenvalue weighted by Crippen LogP contribution is -2.59. The summed E-state index contributed by atoms with van der Waals surface area (Å²) in [6.45, 7) is 1.22. The summed E-state index contributed by atoms with van der Waals surface area (Å²) in [6, 6.07) is 11.3. The van der Waals surface area contributed by atoms with E-state index in [2.05, 4.69) is 21.3 Å². The number of carbonyl (C=O) groups is 7. The van der Waals surface area contributed by atoms with Gasteiger partial charge in [0, 0.05) is 25.7 Å². The van der Waals surface area contributed by atoms with Gasteiger partial charge in [-0.2, -0.15) is 0 Å². The van der Waals surface area contributed by atoms with Crippen LogP contribution >= 0.6 is 0 Å². The van der Waals surface area contributed by atoms with Gasteiger partial charge >= 0.3 is 11.9 Å². The summed E-state index contributed by atoms with van der Waals surface area (Å²) >= 11 is 0. The number of aliphatic carboxylic acids is 2. The molecule has 276 valence electrons. The average molecular weight is 715 g/mol. The maximum absolute atomic E-state index is 14.1. The van der Waals surface area contributed by atoms with Crippen LogP contribution in [0.3, 0.4) is 0 Å². The van der Waals surface area contributed by atoms with Crippen LogP contribution in [0.4, 0.5) is 8.78 Å². The van der Waals surface area contributed by atoms with Crippen LogP contribution in [0, 0.1) is 5.92 Å². The minimum Gasteiger partial charge on any atom is -0.481 e. The molecule has 1 saturated carbocycles. The van der Waals surface area contributed by atoms with Gasteiger partial charge in [0.05, 0.1) is 0 Å². The molecule has 0 saturated heterocycles. The molecule has 0 heterocycles. The molecule has 4 atom stereocenters. The first-order valence-corrected chi connectivity index (χ1v) is 16.8. The summed E-state index contributed by atoms with van der Waals surface area (Å²) in [6.07, 6.45) is -1.39. The third-order valence-electron chi connectivity index (χ3n) is 8.76. The highest BCUT2D eigenvalue weighted by Crippen LogP contribution is 2.29.